The summed E-state index contributed by atoms with van der Waals surface area (Å²) in [7, 11) is 1.79. The molecule has 0 aromatic heterocycles. The number of aliphatic hydroxyl groups excluding tert-OH is 1. The maximum absolute atomic E-state index is 12.6. The van der Waals surface area contributed by atoms with Gasteiger partial charge >= 0.3 is 6.18 Å². The molecule has 1 aromatic carbocycles. The minimum absolute atomic E-state index is 0.258. The first-order valence-corrected chi connectivity index (χ1v) is 6.46. The van der Waals surface area contributed by atoms with Gasteiger partial charge in [-0.1, -0.05) is 12.1 Å². The van der Waals surface area contributed by atoms with Gasteiger partial charge in [0.15, 0.2) is 0 Å². The summed E-state index contributed by atoms with van der Waals surface area (Å²) in [6.45, 7) is 3.90. The summed E-state index contributed by atoms with van der Waals surface area (Å²) in [5, 5.41) is 9.99. The number of halogens is 3. The fourth-order valence-electron chi connectivity index (χ4n) is 1.78. The molecule has 0 bridgehead atoms. The average Bonchev–Trinajstić information content (AvgIpc) is 2.38. The Morgan fingerprint density at radius 1 is 1.35 bits per heavy atom. The topological polar surface area (TPSA) is 32.7 Å². The molecule has 0 amide bonds. The molecule has 1 atom stereocenters. The standard InChI is InChI=1S/C14H20F3NO2/c1-3-20-8-7-18(2)10-13(19)11-5-4-6-12(9-11)14(15,16)17/h4-6,9,13,19H,3,7-8,10H2,1-2H3. The van der Waals surface area contributed by atoms with Crippen LogP contribution in [0, 0.1) is 0 Å². The second-order valence-corrected chi connectivity index (χ2v) is 4.60. The molecule has 0 fully saturated rings. The minimum atomic E-state index is -4.39. The third-order valence-electron chi connectivity index (χ3n) is 2.90. The van der Waals surface area contributed by atoms with Crippen molar-refractivity contribution in [3.63, 3.8) is 0 Å². The van der Waals surface area contributed by atoms with Gasteiger partial charge in [-0.05, 0) is 31.7 Å². The zero-order valence-corrected chi connectivity index (χ0v) is 11.7. The van der Waals surface area contributed by atoms with Gasteiger partial charge in [-0.2, -0.15) is 13.2 Å². The molecule has 1 aromatic rings. The van der Waals surface area contributed by atoms with Crippen molar-refractivity contribution in [1.82, 2.24) is 4.90 Å². The van der Waals surface area contributed by atoms with Crippen LogP contribution in [-0.4, -0.2) is 43.4 Å². The number of rotatable bonds is 7. The first-order valence-electron chi connectivity index (χ1n) is 6.46. The molecule has 3 nitrogen and oxygen atoms in total. The van der Waals surface area contributed by atoms with E-state index in [2.05, 4.69) is 0 Å². The van der Waals surface area contributed by atoms with Gasteiger partial charge in [0.2, 0.25) is 0 Å². The van der Waals surface area contributed by atoms with Crippen LogP contribution in [0.3, 0.4) is 0 Å². The fraction of sp³-hybridized carbons (Fsp3) is 0.571. The van der Waals surface area contributed by atoms with Gasteiger partial charge < -0.3 is 14.7 Å². The van der Waals surface area contributed by atoms with Crippen molar-refractivity contribution >= 4 is 0 Å². The van der Waals surface area contributed by atoms with Gasteiger partial charge in [0.05, 0.1) is 18.3 Å². The number of nitrogens with zero attached hydrogens (tertiary/aromatic N) is 1. The van der Waals surface area contributed by atoms with Crippen LogP contribution in [-0.2, 0) is 10.9 Å². The zero-order chi connectivity index (χ0) is 15.2. The van der Waals surface area contributed by atoms with Crippen molar-refractivity contribution in [2.75, 3.05) is 33.4 Å². The quantitative estimate of drug-likeness (QED) is 0.784. The average molecular weight is 291 g/mol. The Hall–Kier alpha value is -1.11. The van der Waals surface area contributed by atoms with Gasteiger partial charge in [0.1, 0.15) is 0 Å². The van der Waals surface area contributed by atoms with Crippen LogP contribution in [0.2, 0.25) is 0 Å². The number of hydrogen-bond acceptors (Lipinski definition) is 3. The Balaban J connectivity index is 2.61. The Bertz CT molecular complexity index is 410. The number of ether oxygens (including phenoxy) is 1. The number of likely N-dealkylation sites (N-methyl/N-ethyl adjacent to an activating group) is 1. The van der Waals surface area contributed by atoms with Crippen molar-refractivity contribution in [2.24, 2.45) is 0 Å². The van der Waals surface area contributed by atoms with Crippen molar-refractivity contribution < 1.29 is 23.0 Å². The van der Waals surface area contributed by atoms with Crippen LogP contribution in [0.5, 0.6) is 0 Å². The van der Waals surface area contributed by atoms with E-state index >= 15 is 0 Å². The van der Waals surface area contributed by atoms with E-state index in [0.717, 1.165) is 12.1 Å². The summed E-state index contributed by atoms with van der Waals surface area (Å²) in [5.41, 5.74) is -0.478. The van der Waals surface area contributed by atoms with Gasteiger partial charge in [-0.3, -0.25) is 0 Å². The lowest BCUT2D eigenvalue weighted by Crippen LogP contribution is -2.28. The van der Waals surface area contributed by atoms with E-state index in [-0.39, 0.29) is 12.1 Å². The van der Waals surface area contributed by atoms with Gasteiger partial charge in [0, 0.05) is 19.7 Å². The smallest absolute Gasteiger partial charge is 0.387 e. The summed E-state index contributed by atoms with van der Waals surface area (Å²) < 4.78 is 43.0. The lowest BCUT2D eigenvalue weighted by Gasteiger charge is -2.21. The number of hydrogen-bond donors (Lipinski definition) is 1. The number of alkyl halides is 3. The Labute approximate surface area is 117 Å². The summed E-state index contributed by atoms with van der Waals surface area (Å²) in [6, 6.07) is 4.79. The SMILES string of the molecule is CCOCCN(C)CC(O)c1cccc(C(F)(F)F)c1. The summed E-state index contributed by atoms with van der Waals surface area (Å²) in [4.78, 5) is 1.82. The molecule has 1 rings (SSSR count). The van der Waals surface area contributed by atoms with Crippen LogP contribution >= 0.6 is 0 Å². The molecule has 1 N–H and O–H groups in total. The van der Waals surface area contributed by atoms with E-state index in [1.807, 2.05) is 11.8 Å². The van der Waals surface area contributed by atoms with Gasteiger partial charge in [0.25, 0.3) is 0 Å². The maximum Gasteiger partial charge on any atom is 0.416 e. The Morgan fingerprint density at radius 2 is 2.05 bits per heavy atom. The van der Waals surface area contributed by atoms with E-state index in [1.165, 1.54) is 12.1 Å². The summed E-state index contributed by atoms with van der Waals surface area (Å²) in [5.74, 6) is 0. The van der Waals surface area contributed by atoms with Gasteiger partial charge in [-0.25, -0.2) is 0 Å². The highest BCUT2D eigenvalue weighted by atomic mass is 19.4. The second kappa shape index (κ2) is 7.61. The fourth-order valence-corrected chi connectivity index (χ4v) is 1.78. The van der Waals surface area contributed by atoms with Crippen molar-refractivity contribution in [2.45, 2.75) is 19.2 Å². The molecule has 114 valence electrons. The summed E-state index contributed by atoms with van der Waals surface area (Å²) >= 11 is 0. The maximum atomic E-state index is 12.6. The van der Waals surface area contributed by atoms with Crippen LogP contribution in [0.15, 0.2) is 24.3 Å². The molecule has 0 aliphatic carbocycles. The highest BCUT2D eigenvalue weighted by Gasteiger charge is 2.30. The largest absolute Gasteiger partial charge is 0.416 e. The second-order valence-electron chi connectivity index (χ2n) is 4.60. The highest BCUT2D eigenvalue weighted by Crippen LogP contribution is 2.30. The van der Waals surface area contributed by atoms with Gasteiger partial charge in [-0.15, -0.1) is 0 Å². The molecular formula is C14H20F3NO2. The monoisotopic (exact) mass is 291 g/mol. The Morgan fingerprint density at radius 3 is 2.65 bits per heavy atom. The molecular weight excluding hydrogens is 271 g/mol. The zero-order valence-electron chi connectivity index (χ0n) is 11.7. The lowest BCUT2D eigenvalue weighted by molar-refractivity contribution is -0.137. The van der Waals surface area contributed by atoms with E-state index in [9.17, 15) is 18.3 Å². The molecule has 20 heavy (non-hydrogen) atoms. The van der Waals surface area contributed by atoms with E-state index in [1.54, 1.807) is 7.05 Å². The molecule has 6 heteroatoms. The highest BCUT2D eigenvalue weighted by molar-refractivity contribution is 5.27. The third-order valence-corrected chi connectivity index (χ3v) is 2.90. The molecule has 1 unspecified atom stereocenters. The molecule has 0 radical (unpaired) electrons. The van der Waals surface area contributed by atoms with Crippen LogP contribution in [0.25, 0.3) is 0 Å². The predicted molar refractivity (Wildman–Crippen MR) is 70.4 cm³/mol. The summed E-state index contributed by atoms with van der Waals surface area (Å²) in [6.07, 6.45) is -5.35. The molecule has 0 saturated heterocycles. The van der Waals surface area contributed by atoms with Crippen LogP contribution in [0.1, 0.15) is 24.2 Å². The molecule has 0 saturated carbocycles. The molecule has 0 aliphatic rings. The molecule has 0 aliphatic heterocycles. The van der Waals surface area contributed by atoms with Crippen molar-refractivity contribution in [3.05, 3.63) is 35.4 Å². The van der Waals surface area contributed by atoms with Crippen LogP contribution < -0.4 is 0 Å². The first kappa shape index (κ1) is 16.9. The lowest BCUT2D eigenvalue weighted by atomic mass is 10.1. The third kappa shape index (κ3) is 5.48. The normalized spacial score (nSPS) is 13.8. The molecule has 0 spiro atoms. The number of aliphatic hydroxyl groups is 1. The van der Waals surface area contributed by atoms with Crippen molar-refractivity contribution in [3.8, 4) is 0 Å². The van der Waals surface area contributed by atoms with E-state index < -0.39 is 17.8 Å². The first-order chi connectivity index (χ1) is 9.34. The Kier molecular flexibility index (Phi) is 6.45. The van der Waals surface area contributed by atoms with Crippen molar-refractivity contribution in [1.29, 1.82) is 0 Å². The minimum Gasteiger partial charge on any atom is -0.387 e. The van der Waals surface area contributed by atoms with E-state index in [4.69, 9.17) is 4.74 Å². The molecule has 0 heterocycles. The van der Waals surface area contributed by atoms with E-state index in [0.29, 0.717) is 19.8 Å². The van der Waals surface area contributed by atoms with Crippen LogP contribution in [0.4, 0.5) is 13.2 Å². The predicted octanol–water partition coefficient (Wildman–Crippen LogP) is 2.71. The number of benzene rings is 1.